The molecule has 4 aromatic carbocycles. The number of unbranched alkanes of at least 4 members (excludes halogenated alkanes) is 1. The van der Waals surface area contributed by atoms with Gasteiger partial charge >= 0.3 is 0 Å². The van der Waals surface area contributed by atoms with Crippen molar-refractivity contribution in [2.45, 2.75) is 12.8 Å². The molecule has 174 valence electrons. The van der Waals surface area contributed by atoms with Gasteiger partial charge in [-0.1, -0.05) is 84.9 Å². The van der Waals surface area contributed by atoms with Crippen molar-refractivity contribution in [1.29, 1.82) is 0 Å². The Morgan fingerprint density at radius 2 is 0.829 bits per heavy atom. The van der Waals surface area contributed by atoms with Gasteiger partial charge in [-0.15, -0.1) is 0 Å². The van der Waals surface area contributed by atoms with Crippen LogP contribution in [-0.2, 0) is 21.7 Å². The van der Waals surface area contributed by atoms with Crippen LogP contribution in [0.25, 0.3) is 0 Å². The Bertz CT molecular complexity index is 1170. The van der Waals surface area contributed by atoms with Crippen molar-refractivity contribution in [2.75, 3.05) is 13.1 Å². The second-order valence-electron chi connectivity index (χ2n) is 7.93. The molecule has 0 fully saturated rings. The Morgan fingerprint density at radius 3 is 1.20 bits per heavy atom. The van der Waals surface area contributed by atoms with E-state index < -0.39 is 0 Å². The first kappa shape index (κ1) is 26.1. The third kappa shape index (κ3) is 7.01. The number of hydrogen-bond donors (Lipinski definition) is 2. The van der Waals surface area contributed by atoms with Crippen molar-refractivity contribution in [1.82, 2.24) is 0 Å². The minimum atomic E-state index is 0. The third-order valence-electron chi connectivity index (χ3n) is 5.52. The van der Waals surface area contributed by atoms with Gasteiger partial charge in [-0.3, -0.25) is 9.98 Å². The number of phenolic OH excluding ortho intramolecular Hbond substituents is 2. The molecule has 35 heavy (non-hydrogen) atoms. The van der Waals surface area contributed by atoms with Crippen molar-refractivity contribution in [3.05, 3.63) is 131 Å². The summed E-state index contributed by atoms with van der Waals surface area (Å²) in [5.74, 6) is 0.453. The third-order valence-corrected chi connectivity index (χ3v) is 5.52. The van der Waals surface area contributed by atoms with Gasteiger partial charge in [-0.2, -0.15) is 0 Å². The predicted octanol–water partition coefficient (Wildman–Crippen LogP) is 6.25. The zero-order valence-electron chi connectivity index (χ0n) is 19.5. The minimum Gasteiger partial charge on any atom is -0.507 e. The maximum atomic E-state index is 10.4. The predicted molar refractivity (Wildman–Crippen MR) is 139 cm³/mol. The molecule has 0 aliphatic heterocycles. The first-order valence-corrected chi connectivity index (χ1v) is 11.5. The van der Waals surface area contributed by atoms with Gasteiger partial charge in [0.15, 0.2) is 0 Å². The molecule has 0 aliphatic rings. The van der Waals surface area contributed by atoms with E-state index in [1.54, 1.807) is 12.1 Å². The van der Waals surface area contributed by atoms with Crippen LogP contribution in [0.3, 0.4) is 0 Å². The first-order valence-electron chi connectivity index (χ1n) is 11.5. The Labute approximate surface area is 221 Å². The molecule has 5 heteroatoms. The van der Waals surface area contributed by atoms with Crippen molar-refractivity contribution in [2.24, 2.45) is 9.98 Å². The molecule has 4 aromatic rings. The molecule has 0 heterocycles. The molecule has 0 aliphatic carbocycles. The van der Waals surface area contributed by atoms with E-state index in [1.807, 2.05) is 97.1 Å². The van der Waals surface area contributed by atoms with Gasteiger partial charge < -0.3 is 10.2 Å². The van der Waals surface area contributed by atoms with Gasteiger partial charge in [-0.25, -0.2) is 0 Å². The molecule has 4 nitrogen and oxygen atoms in total. The maximum absolute atomic E-state index is 10.4. The van der Waals surface area contributed by atoms with Crippen LogP contribution in [0.15, 0.2) is 119 Å². The summed E-state index contributed by atoms with van der Waals surface area (Å²) in [6, 6.07) is 34.5. The monoisotopic (exact) mass is 496 g/mol. The zero-order chi connectivity index (χ0) is 23.6. The van der Waals surface area contributed by atoms with E-state index in [9.17, 15) is 10.2 Å². The van der Waals surface area contributed by atoms with E-state index in [0.717, 1.165) is 46.5 Å². The molecule has 0 aromatic heterocycles. The van der Waals surface area contributed by atoms with Gasteiger partial charge in [0.1, 0.15) is 11.5 Å². The average Bonchev–Trinajstić information content (AvgIpc) is 2.88. The number of phenols is 2. The van der Waals surface area contributed by atoms with Crippen molar-refractivity contribution in [3.8, 4) is 11.5 Å². The van der Waals surface area contributed by atoms with Gasteiger partial charge in [0, 0.05) is 57.1 Å². The Kier molecular flexibility index (Phi) is 10.0. The van der Waals surface area contributed by atoms with E-state index in [1.165, 1.54) is 0 Å². The molecule has 0 radical (unpaired) electrons. The maximum Gasteiger partial charge on any atom is 0.124 e. The molecule has 0 unspecified atom stereocenters. The molecular weight excluding hydrogens is 468 g/mol. The van der Waals surface area contributed by atoms with Crippen LogP contribution in [-0.4, -0.2) is 34.7 Å². The molecular formula is C30H28N2O2Ti. The van der Waals surface area contributed by atoms with Crippen LogP contribution >= 0.6 is 0 Å². The molecule has 0 saturated heterocycles. The fourth-order valence-electron chi connectivity index (χ4n) is 3.81. The van der Waals surface area contributed by atoms with Gasteiger partial charge in [0.05, 0.1) is 11.4 Å². The molecule has 4 rings (SSSR count). The van der Waals surface area contributed by atoms with E-state index in [2.05, 4.69) is 0 Å². The minimum absolute atomic E-state index is 0. The fraction of sp³-hybridized carbons (Fsp3) is 0.133. The van der Waals surface area contributed by atoms with Crippen LogP contribution in [0.4, 0.5) is 0 Å². The van der Waals surface area contributed by atoms with Crippen LogP contribution in [0, 0.1) is 0 Å². The van der Waals surface area contributed by atoms with Crippen LogP contribution in [0.2, 0.25) is 0 Å². The number of para-hydroxylation sites is 2. The van der Waals surface area contributed by atoms with Crippen LogP contribution < -0.4 is 0 Å². The summed E-state index contributed by atoms with van der Waals surface area (Å²) >= 11 is 0. The normalized spacial score (nSPS) is 11.7. The first-order chi connectivity index (χ1) is 16.7. The smallest absolute Gasteiger partial charge is 0.124 e. The number of benzene rings is 4. The number of nitrogens with zero attached hydrogens (tertiary/aromatic N) is 2. The zero-order valence-corrected chi connectivity index (χ0v) is 21.1. The van der Waals surface area contributed by atoms with Crippen LogP contribution in [0.5, 0.6) is 11.5 Å². The quantitative estimate of drug-likeness (QED) is 0.163. The number of hydrogen-bond acceptors (Lipinski definition) is 4. The number of rotatable bonds is 9. The van der Waals surface area contributed by atoms with Gasteiger partial charge in [0.2, 0.25) is 0 Å². The standard InChI is InChI=1S/C30H28N2O2.Ti/c33-27-19-9-7-17-25(27)29(23-13-3-1-4-14-23)31-21-11-12-22-32-30(24-15-5-2-6-16-24)26-18-8-10-20-28(26)34;/h1-10,13-20,33-34H,11-12,21-22H2;. The largest absolute Gasteiger partial charge is 0.507 e. The summed E-state index contributed by atoms with van der Waals surface area (Å²) in [5, 5.41) is 20.7. The number of aromatic hydroxyl groups is 2. The fourth-order valence-corrected chi connectivity index (χ4v) is 3.81. The second-order valence-corrected chi connectivity index (χ2v) is 7.93. The summed E-state index contributed by atoms with van der Waals surface area (Å²) < 4.78 is 0. The van der Waals surface area contributed by atoms with E-state index in [4.69, 9.17) is 9.98 Å². The van der Waals surface area contributed by atoms with E-state index >= 15 is 0 Å². The summed E-state index contributed by atoms with van der Waals surface area (Å²) in [4.78, 5) is 9.68. The Balaban J connectivity index is 0.00000342. The summed E-state index contributed by atoms with van der Waals surface area (Å²) in [5.41, 5.74) is 5.01. The second kappa shape index (κ2) is 13.4. The summed E-state index contributed by atoms with van der Waals surface area (Å²) in [7, 11) is 0. The molecule has 0 spiro atoms. The topological polar surface area (TPSA) is 65.2 Å². The Morgan fingerprint density at radius 1 is 0.486 bits per heavy atom. The number of aliphatic imine (C=N–C) groups is 2. The summed E-state index contributed by atoms with van der Waals surface area (Å²) in [6.45, 7) is 1.26. The van der Waals surface area contributed by atoms with Crippen molar-refractivity contribution < 1.29 is 31.9 Å². The van der Waals surface area contributed by atoms with Crippen molar-refractivity contribution >= 4 is 11.4 Å². The molecule has 0 amide bonds. The van der Waals surface area contributed by atoms with Crippen molar-refractivity contribution in [3.63, 3.8) is 0 Å². The molecule has 2 N–H and O–H groups in total. The van der Waals surface area contributed by atoms with Gasteiger partial charge in [-0.05, 0) is 37.1 Å². The average molecular weight is 496 g/mol. The van der Waals surface area contributed by atoms with E-state index in [0.29, 0.717) is 13.1 Å². The summed E-state index contributed by atoms with van der Waals surface area (Å²) in [6.07, 6.45) is 1.71. The molecule has 0 saturated carbocycles. The molecule has 0 atom stereocenters. The molecule has 0 bridgehead atoms. The van der Waals surface area contributed by atoms with Gasteiger partial charge in [0.25, 0.3) is 0 Å². The van der Waals surface area contributed by atoms with Crippen LogP contribution in [0.1, 0.15) is 35.1 Å². The SMILES string of the molecule is Oc1ccccc1C(=NCCCCN=C(c1ccccc1)c1ccccc1O)c1ccccc1.[Ti]. The van der Waals surface area contributed by atoms with E-state index in [-0.39, 0.29) is 33.2 Å². The Hall–Kier alpha value is -3.47.